The Balaban J connectivity index is 1.49. The van der Waals surface area contributed by atoms with Crippen molar-refractivity contribution < 1.29 is 32.7 Å². The SMILES string of the molecule is Cc1coc(-c2nc3oc2[C@@]24c5cc(F)ccc5NC2Oc2ccc(cc24)C[C@H](CC(=O)[C@@H](O)C(C)C)C(=O)N[C@H]3C(C)C)n1. The van der Waals surface area contributed by atoms with Gasteiger partial charge in [-0.05, 0) is 55.0 Å². The molecule has 5 heterocycles. The molecule has 0 saturated heterocycles. The highest BCUT2D eigenvalue weighted by molar-refractivity contribution is 5.89. The molecule has 11 heteroatoms. The van der Waals surface area contributed by atoms with Crippen molar-refractivity contribution in [2.24, 2.45) is 17.8 Å². The number of benzene rings is 2. The second-order valence-corrected chi connectivity index (χ2v) is 13.0. The Bertz CT molecular complexity index is 1830. The number of aryl methyl sites for hydroxylation is 1. The number of aliphatic hydroxyl groups excluding tert-OH is 1. The van der Waals surface area contributed by atoms with E-state index in [4.69, 9.17) is 18.6 Å². The second-order valence-electron chi connectivity index (χ2n) is 13.0. The number of rotatable bonds is 6. The number of hydrogen-bond acceptors (Lipinski definition) is 9. The molecule has 5 atom stereocenters. The van der Waals surface area contributed by atoms with E-state index in [1.807, 2.05) is 32.0 Å². The minimum Gasteiger partial charge on any atom is -0.469 e. The summed E-state index contributed by atoms with van der Waals surface area (Å²) in [6, 6.07) is 9.45. The zero-order valence-electron chi connectivity index (χ0n) is 25.7. The summed E-state index contributed by atoms with van der Waals surface area (Å²) in [6.45, 7) is 9.19. The summed E-state index contributed by atoms with van der Waals surface area (Å²) >= 11 is 0. The van der Waals surface area contributed by atoms with Crippen LogP contribution in [0.15, 0.2) is 51.5 Å². The molecule has 3 aliphatic heterocycles. The number of carbonyl (C=O) groups excluding carboxylic acids is 2. The molecule has 2 aromatic carbocycles. The van der Waals surface area contributed by atoms with Crippen LogP contribution in [0.2, 0.25) is 0 Å². The first kappa shape index (κ1) is 29.2. The molecule has 45 heavy (non-hydrogen) atoms. The monoisotopic (exact) mass is 614 g/mol. The van der Waals surface area contributed by atoms with Gasteiger partial charge in [-0.2, -0.15) is 0 Å². The van der Waals surface area contributed by atoms with E-state index in [2.05, 4.69) is 15.6 Å². The van der Waals surface area contributed by atoms with Crippen molar-refractivity contribution in [3.05, 3.63) is 82.5 Å². The van der Waals surface area contributed by atoms with Crippen LogP contribution in [0.1, 0.15) is 74.2 Å². The number of aromatic nitrogens is 2. The summed E-state index contributed by atoms with van der Waals surface area (Å²) in [5.74, 6) is -1.08. The first-order valence-electron chi connectivity index (χ1n) is 15.3. The number of ether oxygens (including phenoxy) is 1. The van der Waals surface area contributed by atoms with Crippen LogP contribution >= 0.6 is 0 Å². The van der Waals surface area contributed by atoms with Gasteiger partial charge >= 0.3 is 0 Å². The summed E-state index contributed by atoms with van der Waals surface area (Å²) in [7, 11) is 0. The Morgan fingerprint density at radius 1 is 1.11 bits per heavy atom. The second kappa shape index (κ2) is 10.5. The van der Waals surface area contributed by atoms with Gasteiger partial charge in [0.1, 0.15) is 35.4 Å². The average Bonchev–Trinajstić information content (AvgIpc) is 3.75. The minimum absolute atomic E-state index is 0.148. The predicted octanol–water partition coefficient (Wildman–Crippen LogP) is 5.22. The summed E-state index contributed by atoms with van der Waals surface area (Å²) in [6.07, 6.45) is -0.310. The smallest absolute Gasteiger partial charge is 0.249 e. The molecule has 4 aromatic rings. The number of oxazole rings is 2. The summed E-state index contributed by atoms with van der Waals surface area (Å²) < 4.78 is 34.1. The predicted molar refractivity (Wildman–Crippen MR) is 161 cm³/mol. The maximum absolute atomic E-state index is 15.0. The maximum Gasteiger partial charge on any atom is 0.249 e. The van der Waals surface area contributed by atoms with E-state index >= 15 is 4.39 Å². The molecular weight excluding hydrogens is 579 g/mol. The Morgan fingerprint density at radius 2 is 1.91 bits per heavy atom. The van der Waals surface area contributed by atoms with Gasteiger partial charge < -0.3 is 29.3 Å². The number of anilines is 1. The van der Waals surface area contributed by atoms with Crippen LogP contribution in [0.5, 0.6) is 5.75 Å². The van der Waals surface area contributed by atoms with Gasteiger partial charge in [-0.25, -0.2) is 14.4 Å². The number of ketones is 1. The molecular formula is C34H35FN4O6. The normalized spacial score (nSPS) is 23.8. The van der Waals surface area contributed by atoms with Crippen molar-refractivity contribution in [1.82, 2.24) is 15.3 Å². The van der Waals surface area contributed by atoms with E-state index in [9.17, 15) is 14.7 Å². The molecule has 10 nitrogen and oxygen atoms in total. The lowest BCUT2D eigenvalue weighted by atomic mass is 9.72. The van der Waals surface area contributed by atoms with Crippen molar-refractivity contribution in [3.8, 4) is 17.3 Å². The topological polar surface area (TPSA) is 140 Å². The lowest BCUT2D eigenvalue weighted by Gasteiger charge is -2.28. The number of aliphatic hydroxyl groups is 1. The number of hydrogen-bond donors (Lipinski definition) is 3. The van der Waals surface area contributed by atoms with E-state index in [0.717, 1.165) is 5.56 Å². The van der Waals surface area contributed by atoms with Gasteiger partial charge in [0, 0.05) is 29.2 Å². The molecule has 0 aliphatic carbocycles. The fraction of sp³-hybridized carbons (Fsp3) is 0.412. The molecule has 0 fully saturated rings. The lowest BCUT2D eigenvalue weighted by Crippen LogP contribution is -2.41. The van der Waals surface area contributed by atoms with Gasteiger partial charge in [-0.15, -0.1) is 0 Å². The number of carbonyl (C=O) groups is 2. The van der Waals surface area contributed by atoms with Crippen LogP contribution in [-0.4, -0.2) is 39.1 Å². The van der Waals surface area contributed by atoms with Crippen molar-refractivity contribution in [1.29, 1.82) is 0 Å². The van der Waals surface area contributed by atoms with Gasteiger partial charge in [-0.1, -0.05) is 39.8 Å². The molecule has 1 amide bonds. The van der Waals surface area contributed by atoms with Crippen molar-refractivity contribution in [2.75, 3.05) is 5.32 Å². The van der Waals surface area contributed by atoms with Crippen LogP contribution in [0, 0.1) is 30.5 Å². The number of Topliss-reactive ketones (excluding diaryl/α,β-unsaturated/α-hetero) is 1. The minimum atomic E-state index is -1.20. The highest BCUT2D eigenvalue weighted by Gasteiger charge is 2.61. The van der Waals surface area contributed by atoms with Gasteiger partial charge in [-0.3, -0.25) is 9.59 Å². The molecule has 2 aromatic heterocycles. The molecule has 3 aliphatic rings. The van der Waals surface area contributed by atoms with Gasteiger partial charge in [0.25, 0.3) is 0 Å². The summed E-state index contributed by atoms with van der Waals surface area (Å²) in [4.78, 5) is 36.5. The van der Waals surface area contributed by atoms with E-state index in [0.29, 0.717) is 39.7 Å². The Kier molecular flexibility index (Phi) is 6.85. The van der Waals surface area contributed by atoms with Crippen molar-refractivity contribution in [2.45, 2.75) is 71.2 Å². The molecule has 3 N–H and O–H groups in total. The average molecular weight is 615 g/mol. The van der Waals surface area contributed by atoms with Crippen LogP contribution in [0.25, 0.3) is 11.6 Å². The molecule has 0 radical (unpaired) electrons. The number of amides is 1. The third kappa shape index (κ3) is 4.55. The van der Waals surface area contributed by atoms with Crippen molar-refractivity contribution in [3.63, 3.8) is 0 Å². The third-order valence-electron chi connectivity index (χ3n) is 9.12. The standard InChI is InChI=1S/C34H35FN4O6/c1-15(2)26-32-39-27(31-36-17(5)14-43-31)29(45-32)34-21-13-20(35)7-8-23(21)37-33(34)44-25-9-6-18(11-22(25)34)10-19(30(42)38-26)12-24(40)28(41)16(3)4/h6-9,11,13-16,19,26,28,33,37,41H,10,12H2,1-5H3,(H,38,42)/t19-,26+,28+,33?,34+/m1/s1. The summed E-state index contributed by atoms with van der Waals surface area (Å²) in [5, 5.41) is 17.0. The number of nitrogens with zero attached hydrogens (tertiary/aromatic N) is 2. The van der Waals surface area contributed by atoms with Crippen molar-refractivity contribution >= 4 is 17.4 Å². The lowest BCUT2D eigenvalue weighted by molar-refractivity contribution is -0.135. The van der Waals surface area contributed by atoms with Gasteiger partial charge in [0.15, 0.2) is 23.5 Å². The van der Waals surface area contributed by atoms with Gasteiger partial charge in [0.05, 0.1) is 5.69 Å². The molecule has 4 bridgehead atoms. The molecule has 234 valence electrons. The zero-order chi connectivity index (χ0) is 31.8. The fourth-order valence-corrected chi connectivity index (χ4v) is 6.78. The van der Waals surface area contributed by atoms with Crippen LogP contribution in [0.4, 0.5) is 10.1 Å². The number of nitrogens with one attached hydrogen (secondary N) is 2. The number of halogens is 1. The third-order valence-corrected chi connectivity index (χ3v) is 9.12. The molecule has 1 spiro atoms. The first-order valence-corrected chi connectivity index (χ1v) is 15.3. The fourth-order valence-electron chi connectivity index (χ4n) is 6.78. The van der Waals surface area contributed by atoms with Crippen LogP contribution in [0.3, 0.4) is 0 Å². The first-order chi connectivity index (χ1) is 21.5. The Labute approximate surface area is 259 Å². The summed E-state index contributed by atoms with van der Waals surface area (Å²) in [5.41, 5.74) is 2.50. The van der Waals surface area contributed by atoms with E-state index in [1.54, 1.807) is 26.8 Å². The van der Waals surface area contributed by atoms with E-state index in [-0.39, 0.29) is 42.4 Å². The molecule has 7 rings (SSSR count). The highest BCUT2D eigenvalue weighted by atomic mass is 19.1. The maximum atomic E-state index is 15.0. The highest BCUT2D eigenvalue weighted by Crippen LogP contribution is 2.59. The van der Waals surface area contributed by atoms with Crippen LogP contribution < -0.4 is 15.4 Å². The molecule has 0 saturated carbocycles. The van der Waals surface area contributed by atoms with Gasteiger partial charge in [0.2, 0.25) is 17.7 Å². The zero-order valence-corrected chi connectivity index (χ0v) is 25.7. The molecule has 1 unspecified atom stereocenters. The number of fused-ring (bicyclic) bond motifs is 4. The quantitative estimate of drug-likeness (QED) is 0.267. The Hall–Kier alpha value is -4.51. The Morgan fingerprint density at radius 3 is 2.62 bits per heavy atom. The van der Waals surface area contributed by atoms with E-state index in [1.165, 1.54) is 18.4 Å². The van der Waals surface area contributed by atoms with E-state index < -0.39 is 41.3 Å². The van der Waals surface area contributed by atoms with Crippen LogP contribution in [-0.2, 0) is 21.4 Å². The largest absolute Gasteiger partial charge is 0.469 e.